The van der Waals surface area contributed by atoms with Crippen LogP contribution in [0.15, 0.2) is 24.3 Å². The molecule has 1 N–H and O–H groups in total. The molecular formula is C11H9ClN2O2. The average Bonchev–Trinajstić information content (AvgIpc) is 2.55. The van der Waals surface area contributed by atoms with Gasteiger partial charge in [-0.05, 0) is 12.1 Å². The largest absolute Gasteiger partial charge is 0.493 e. The Morgan fingerprint density at radius 3 is 2.88 bits per heavy atom. The lowest BCUT2D eigenvalue weighted by molar-refractivity contribution is 0.112. The summed E-state index contributed by atoms with van der Waals surface area (Å²) in [4.78, 5) is 10.9. The SMILES string of the molecule is Cn1nc(-c2cccc(Cl)c2)c(C=O)c1O. The second-order valence-corrected chi connectivity index (χ2v) is 3.77. The van der Waals surface area contributed by atoms with Crippen molar-refractivity contribution in [2.45, 2.75) is 0 Å². The number of carbonyl (C=O) groups excluding carboxylic acids is 1. The van der Waals surface area contributed by atoms with Gasteiger partial charge in [-0.1, -0.05) is 23.7 Å². The summed E-state index contributed by atoms with van der Waals surface area (Å²) in [6.45, 7) is 0. The second-order valence-electron chi connectivity index (χ2n) is 3.34. The highest BCUT2D eigenvalue weighted by atomic mass is 35.5. The lowest BCUT2D eigenvalue weighted by atomic mass is 10.1. The van der Waals surface area contributed by atoms with Crippen LogP contribution in [0.5, 0.6) is 5.88 Å². The maximum Gasteiger partial charge on any atom is 0.220 e. The average molecular weight is 237 g/mol. The zero-order chi connectivity index (χ0) is 11.7. The Balaban J connectivity index is 2.64. The Kier molecular flexibility index (Phi) is 2.66. The molecule has 0 atom stereocenters. The van der Waals surface area contributed by atoms with Crippen LogP contribution in [-0.2, 0) is 7.05 Å². The molecule has 0 spiro atoms. The Morgan fingerprint density at radius 2 is 2.25 bits per heavy atom. The van der Waals surface area contributed by atoms with Gasteiger partial charge in [0.05, 0.1) is 0 Å². The molecule has 0 bridgehead atoms. The predicted molar refractivity (Wildman–Crippen MR) is 60.7 cm³/mol. The third-order valence-corrected chi connectivity index (χ3v) is 2.50. The standard InChI is InChI=1S/C11H9ClN2O2/c1-14-11(16)9(6-15)10(13-14)7-3-2-4-8(12)5-7/h2-6,16H,1H3. The van der Waals surface area contributed by atoms with Gasteiger partial charge in [-0.2, -0.15) is 5.10 Å². The first kappa shape index (κ1) is 10.7. The van der Waals surface area contributed by atoms with E-state index < -0.39 is 0 Å². The summed E-state index contributed by atoms with van der Waals surface area (Å²) in [5, 5.41) is 14.2. The maximum atomic E-state index is 10.9. The normalized spacial score (nSPS) is 10.4. The maximum absolute atomic E-state index is 10.9. The van der Waals surface area contributed by atoms with E-state index in [-0.39, 0.29) is 11.4 Å². The molecular weight excluding hydrogens is 228 g/mol. The first-order valence-corrected chi connectivity index (χ1v) is 4.98. The van der Waals surface area contributed by atoms with Gasteiger partial charge < -0.3 is 5.11 Å². The van der Waals surface area contributed by atoms with Gasteiger partial charge >= 0.3 is 0 Å². The van der Waals surface area contributed by atoms with Crippen molar-refractivity contribution in [2.24, 2.45) is 7.05 Å². The van der Waals surface area contributed by atoms with Gasteiger partial charge in [0.1, 0.15) is 11.3 Å². The predicted octanol–water partition coefficient (Wildman–Crippen LogP) is 2.26. The van der Waals surface area contributed by atoms with Crippen LogP contribution in [0.2, 0.25) is 5.02 Å². The number of halogens is 1. The molecule has 4 nitrogen and oxygen atoms in total. The van der Waals surface area contributed by atoms with E-state index >= 15 is 0 Å². The van der Waals surface area contributed by atoms with Gasteiger partial charge in [0.15, 0.2) is 6.29 Å². The van der Waals surface area contributed by atoms with E-state index in [1.54, 1.807) is 31.3 Å². The van der Waals surface area contributed by atoms with Crippen LogP contribution >= 0.6 is 11.6 Å². The Hall–Kier alpha value is -1.81. The monoisotopic (exact) mass is 236 g/mol. The van der Waals surface area contributed by atoms with Crippen LogP contribution in [-0.4, -0.2) is 21.2 Å². The fourth-order valence-corrected chi connectivity index (χ4v) is 1.68. The number of aromatic hydroxyl groups is 1. The van der Waals surface area contributed by atoms with Crippen LogP contribution in [0, 0.1) is 0 Å². The minimum atomic E-state index is -0.148. The van der Waals surface area contributed by atoms with E-state index in [0.717, 1.165) is 0 Å². The van der Waals surface area contributed by atoms with Gasteiger partial charge in [0.25, 0.3) is 0 Å². The molecule has 0 aliphatic carbocycles. The molecule has 0 aliphatic heterocycles. The van der Waals surface area contributed by atoms with Crippen LogP contribution < -0.4 is 0 Å². The molecule has 5 heteroatoms. The Bertz CT molecular complexity index is 549. The van der Waals surface area contributed by atoms with Crippen LogP contribution in [0.4, 0.5) is 0 Å². The second kappa shape index (κ2) is 3.98. The van der Waals surface area contributed by atoms with Crippen molar-refractivity contribution in [3.8, 4) is 17.1 Å². The molecule has 0 radical (unpaired) electrons. The third-order valence-electron chi connectivity index (χ3n) is 2.27. The lowest BCUT2D eigenvalue weighted by Crippen LogP contribution is -1.89. The molecule has 0 saturated carbocycles. The highest BCUT2D eigenvalue weighted by Gasteiger charge is 2.16. The third kappa shape index (κ3) is 1.67. The summed E-state index contributed by atoms with van der Waals surface area (Å²) in [5.74, 6) is -0.148. The molecule has 82 valence electrons. The van der Waals surface area contributed by atoms with Crippen molar-refractivity contribution in [2.75, 3.05) is 0 Å². The molecule has 16 heavy (non-hydrogen) atoms. The van der Waals surface area contributed by atoms with E-state index in [1.165, 1.54) is 4.68 Å². The molecule has 0 unspecified atom stereocenters. The van der Waals surface area contributed by atoms with Crippen molar-refractivity contribution in [3.63, 3.8) is 0 Å². The Labute approximate surface area is 97.1 Å². The summed E-state index contributed by atoms with van der Waals surface area (Å²) in [6.07, 6.45) is 0.582. The summed E-state index contributed by atoms with van der Waals surface area (Å²) < 4.78 is 1.25. The zero-order valence-electron chi connectivity index (χ0n) is 8.51. The highest BCUT2D eigenvalue weighted by Crippen LogP contribution is 2.28. The van der Waals surface area contributed by atoms with Crippen LogP contribution in [0.25, 0.3) is 11.3 Å². The number of carbonyl (C=O) groups is 1. The van der Waals surface area contributed by atoms with Crippen molar-refractivity contribution in [3.05, 3.63) is 34.9 Å². The number of hydrogen-bond donors (Lipinski definition) is 1. The van der Waals surface area contributed by atoms with E-state index in [9.17, 15) is 9.90 Å². The van der Waals surface area contributed by atoms with Crippen LogP contribution in [0.3, 0.4) is 0 Å². The fraction of sp³-hybridized carbons (Fsp3) is 0.0909. The lowest BCUT2D eigenvalue weighted by Gasteiger charge is -1.97. The number of hydrogen-bond acceptors (Lipinski definition) is 3. The number of aromatic nitrogens is 2. The number of rotatable bonds is 2. The van der Waals surface area contributed by atoms with Crippen molar-refractivity contribution in [1.82, 2.24) is 9.78 Å². The van der Waals surface area contributed by atoms with Crippen molar-refractivity contribution < 1.29 is 9.90 Å². The van der Waals surface area contributed by atoms with Gasteiger partial charge in [0.2, 0.25) is 5.88 Å². The quantitative estimate of drug-likeness (QED) is 0.814. The van der Waals surface area contributed by atoms with Crippen LogP contribution in [0.1, 0.15) is 10.4 Å². The van der Waals surface area contributed by atoms with Crippen molar-refractivity contribution in [1.29, 1.82) is 0 Å². The van der Waals surface area contributed by atoms with E-state index in [2.05, 4.69) is 5.10 Å². The Morgan fingerprint density at radius 1 is 1.50 bits per heavy atom. The minimum Gasteiger partial charge on any atom is -0.493 e. The highest BCUT2D eigenvalue weighted by molar-refractivity contribution is 6.30. The molecule has 1 aromatic heterocycles. The van der Waals surface area contributed by atoms with E-state index in [0.29, 0.717) is 22.6 Å². The van der Waals surface area contributed by atoms with Gasteiger partial charge in [-0.15, -0.1) is 0 Å². The number of nitrogens with zero attached hydrogens (tertiary/aromatic N) is 2. The molecule has 1 heterocycles. The van der Waals surface area contributed by atoms with E-state index in [1.807, 2.05) is 0 Å². The fourth-order valence-electron chi connectivity index (χ4n) is 1.49. The summed E-state index contributed by atoms with van der Waals surface area (Å²) in [7, 11) is 1.57. The topological polar surface area (TPSA) is 55.1 Å². The first-order valence-electron chi connectivity index (χ1n) is 4.60. The zero-order valence-corrected chi connectivity index (χ0v) is 9.27. The molecule has 2 rings (SSSR count). The van der Waals surface area contributed by atoms with Gasteiger partial charge in [-0.25, -0.2) is 4.68 Å². The van der Waals surface area contributed by atoms with E-state index in [4.69, 9.17) is 11.6 Å². The summed E-state index contributed by atoms with van der Waals surface area (Å²) in [5.41, 5.74) is 1.30. The van der Waals surface area contributed by atoms with Gasteiger partial charge in [-0.3, -0.25) is 4.79 Å². The molecule has 0 fully saturated rings. The summed E-state index contributed by atoms with van der Waals surface area (Å²) >= 11 is 5.85. The molecule has 0 amide bonds. The number of benzene rings is 1. The van der Waals surface area contributed by atoms with Crippen molar-refractivity contribution >= 4 is 17.9 Å². The smallest absolute Gasteiger partial charge is 0.220 e. The molecule has 1 aromatic carbocycles. The molecule has 2 aromatic rings. The number of aldehydes is 1. The molecule has 0 saturated heterocycles. The van der Waals surface area contributed by atoms with Gasteiger partial charge in [0, 0.05) is 17.6 Å². The number of aryl methyl sites for hydroxylation is 1. The molecule has 0 aliphatic rings. The minimum absolute atomic E-state index is 0.148. The first-order chi connectivity index (χ1) is 7.63. The summed E-state index contributed by atoms with van der Waals surface area (Å²) in [6, 6.07) is 6.96.